The Balaban J connectivity index is 1.54. The summed E-state index contributed by atoms with van der Waals surface area (Å²) in [5.41, 5.74) is 3.72. The predicted octanol–water partition coefficient (Wildman–Crippen LogP) is 4.34. The molecular formula is C25H25NO3. The van der Waals surface area contributed by atoms with E-state index in [2.05, 4.69) is 0 Å². The minimum atomic E-state index is -0.647. The molecule has 0 heterocycles. The molecule has 0 saturated carbocycles. The van der Waals surface area contributed by atoms with Crippen LogP contribution in [0.3, 0.4) is 0 Å². The maximum atomic E-state index is 12.5. The van der Waals surface area contributed by atoms with Gasteiger partial charge < -0.3 is 15.1 Å². The molecule has 3 rings (SSSR count). The van der Waals surface area contributed by atoms with Crippen molar-refractivity contribution in [3.05, 3.63) is 107 Å². The Bertz CT molecular complexity index is 948. The molecule has 1 atom stereocenters. The van der Waals surface area contributed by atoms with Crippen LogP contribution in [-0.2, 0) is 17.8 Å². The van der Waals surface area contributed by atoms with Crippen LogP contribution in [0.15, 0.2) is 84.9 Å². The highest BCUT2D eigenvalue weighted by Gasteiger charge is 2.10. The molecule has 0 radical (unpaired) electrons. The number of hydrogen-bond acceptors (Lipinski definition) is 3. The first kappa shape index (κ1) is 20.4. The molecule has 0 aromatic heterocycles. The van der Waals surface area contributed by atoms with Crippen molar-refractivity contribution >= 4 is 12.0 Å². The number of carbonyl (C=O) groups excluding carboxylic acids is 1. The Morgan fingerprint density at radius 3 is 2.21 bits per heavy atom. The summed E-state index contributed by atoms with van der Waals surface area (Å²) in [6.07, 6.45) is 3.30. The number of aliphatic hydroxyl groups is 1. The maximum absolute atomic E-state index is 12.5. The monoisotopic (exact) mass is 387 g/mol. The molecule has 0 saturated heterocycles. The number of nitrogens with zero attached hydrogens (tertiary/aromatic N) is 1. The van der Waals surface area contributed by atoms with E-state index in [4.69, 9.17) is 0 Å². The van der Waals surface area contributed by atoms with E-state index < -0.39 is 6.10 Å². The molecular weight excluding hydrogens is 362 g/mol. The van der Waals surface area contributed by atoms with Crippen LogP contribution in [0.5, 0.6) is 5.75 Å². The van der Waals surface area contributed by atoms with Crippen molar-refractivity contribution in [2.75, 3.05) is 7.05 Å². The van der Waals surface area contributed by atoms with Gasteiger partial charge in [-0.25, -0.2) is 0 Å². The molecule has 148 valence electrons. The number of likely N-dealkylation sites (N-methyl/N-ethyl adjacent to an activating group) is 1. The summed E-state index contributed by atoms with van der Waals surface area (Å²) in [6, 6.07) is 24.1. The van der Waals surface area contributed by atoms with Gasteiger partial charge in [0.05, 0.1) is 12.5 Å². The van der Waals surface area contributed by atoms with Crippen molar-refractivity contribution in [1.82, 2.24) is 4.90 Å². The minimum absolute atomic E-state index is 0.0286. The lowest BCUT2D eigenvalue weighted by Gasteiger charge is -2.17. The van der Waals surface area contributed by atoms with Crippen LogP contribution in [0, 0.1) is 0 Å². The number of hydrogen-bond donors (Lipinski definition) is 2. The van der Waals surface area contributed by atoms with E-state index >= 15 is 0 Å². The van der Waals surface area contributed by atoms with Gasteiger partial charge in [0.25, 0.3) is 0 Å². The van der Waals surface area contributed by atoms with Gasteiger partial charge in [0.1, 0.15) is 5.75 Å². The summed E-state index contributed by atoms with van der Waals surface area (Å²) in [7, 11) is 1.78. The second-order valence-corrected chi connectivity index (χ2v) is 7.05. The molecule has 4 nitrogen and oxygen atoms in total. The number of aliphatic hydroxyl groups excluding tert-OH is 1. The zero-order chi connectivity index (χ0) is 20.6. The van der Waals surface area contributed by atoms with E-state index in [0.717, 1.165) is 22.3 Å². The fourth-order valence-corrected chi connectivity index (χ4v) is 2.98. The van der Waals surface area contributed by atoms with Crippen LogP contribution < -0.4 is 0 Å². The summed E-state index contributed by atoms with van der Waals surface area (Å²) in [6.45, 7) is 0.497. The minimum Gasteiger partial charge on any atom is -0.508 e. The normalized spacial score (nSPS) is 12.1. The Morgan fingerprint density at radius 1 is 0.931 bits per heavy atom. The standard InChI is InChI=1S/C25H25NO3/c1-26(18-21-11-14-23(27)15-12-21)25(29)17-20-9-7-19(8-10-20)13-16-24(28)22-5-3-2-4-6-22/h2-16,24,27-28H,17-18H2,1H3. The number of amides is 1. The third-order valence-corrected chi connectivity index (χ3v) is 4.73. The van der Waals surface area contributed by atoms with Gasteiger partial charge in [-0.2, -0.15) is 0 Å². The van der Waals surface area contributed by atoms with Gasteiger partial charge >= 0.3 is 0 Å². The van der Waals surface area contributed by atoms with E-state index in [1.807, 2.05) is 72.8 Å². The number of rotatable bonds is 7. The first-order valence-electron chi connectivity index (χ1n) is 9.53. The molecule has 0 aliphatic rings. The zero-order valence-corrected chi connectivity index (χ0v) is 16.4. The Morgan fingerprint density at radius 2 is 1.55 bits per heavy atom. The van der Waals surface area contributed by atoms with E-state index in [1.165, 1.54) is 0 Å². The van der Waals surface area contributed by atoms with Crippen molar-refractivity contribution in [3.8, 4) is 5.75 Å². The third-order valence-electron chi connectivity index (χ3n) is 4.73. The van der Waals surface area contributed by atoms with Gasteiger partial charge in [-0.15, -0.1) is 0 Å². The summed E-state index contributed by atoms with van der Waals surface area (Å²) in [5.74, 6) is 0.244. The Labute approximate surface area is 171 Å². The highest BCUT2D eigenvalue weighted by molar-refractivity contribution is 5.78. The summed E-state index contributed by atoms with van der Waals surface area (Å²) >= 11 is 0. The maximum Gasteiger partial charge on any atom is 0.227 e. The van der Waals surface area contributed by atoms with E-state index in [1.54, 1.807) is 30.2 Å². The molecule has 3 aromatic rings. The first-order chi connectivity index (χ1) is 14.0. The van der Waals surface area contributed by atoms with E-state index in [-0.39, 0.29) is 11.7 Å². The third kappa shape index (κ3) is 6.06. The summed E-state index contributed by atoms with van der Waals surface area (Å²) in [5, 5.41) is 19.5. The number of carbonyl (C=O) groups is 1. The van der Waals surface area contributed by atoms with Crippen molar-refractivity contribution in [2.24, 2.45) is 0 Å². The molecule has 0 bridgehead atoms. The number of phenols is 1. The van der Waals surface area contributed by atoms with Crippen molar-refractivity contribution in [2.45, 2.75) is 19.1 Å². The molecule has 0 aliphatic carbocycles. The average Bonchev–Trinajstić information content (AvgIpc) is 2.75. The number of phenolic OH excluding ortho intramolecular Hbond substituents is 1. The highest BCUT2D eigenvalue weighted by Crippen LogP contribution is 2.16. The average molecular weight is 387 g/mol. The van der Waals surface area contributed by atoms with Crippen LogP contribution in [-0.4, -0.2) is 28.1 Å². The van der Waals surface area contributed by atoms with Crippen molar-refractivity contribution in [1.29, 1.82) is 0 Å². The molecule has 1 unspecified atom stereocenters. The van der Waals surface area contributed by atoms with Gasteiger partial charge in [-0.05, 0) is 34.4 Å². The van der Waals surface area contributed by atoms with Gasteiger partial charge in [0, 0.05) is 13.6 Å². The van der Waals surface area contributed by atoms with Gasteiger partial charge in [0.15, 0.2) is 0 Å². The van der Waals surface area contributed by atoms with Crippen LogP contribution in [0.1, 0.15) is 28.4 Å². The molecule has 4 heteroatoms. The first-order valence-corrected chi connectivity index (χ1v) is 9.53. The largest absolute Gasteiger partial charge is 0.508 e. The smallest absolute Gasteiger partial charge is 0.227 e. The van der Waals surface area contributed by atoms with E-state index in [9.17, 15) is 15.0 Å². The molecule has 0 fully saturated rings. The lowest BCUT2D eigenvalue weighted by atomic mass is 10.1. The molecule has 0 aliphatic heterocycles. The van der Waals surface area contributed by atoms with Crippen molar-refractivity contribution in [3.63, 3.8) is 0 Å². The van der Waals surface area contributed by atoms with Gasteiger partial charge in [0.2, 0.25) is 5.91 Å². The quantitative estimate of drug-likeness (QED) is 0.634. The van der Waals surface area contributed by atoms with Gasteiger partial charge in [-0.3, -0.25) is 4.79 Å². The van der Waals surface area contributed by atoms with Gasteiger partial charge in [-0.1, -0.05) is 78.9 Å². The van der Waals surface area contributed by atoms with Crippen LogP contribution >= 0.6 is 0 Å². The highest BCUT2D eigenvalue weighted by atomic mass is 16.3. The number of benzene rings is 3. The Hall–Kier alpha value is -3.37. The second-order valence-electron chi connectivity index (χ2n) is 7.05. The fourth-order valence-electron chi connectivity index (χ4n) is 2.98. The van der Waals surface area contributed by atoms with Crippen LogP contribution in [0.25, 0.3) is 6.08 Å². The van der Waals surface area contributed by atoms with E-state index in [0.29, 0.717) is 13.0 Å². The summed E-state index contributed by atoms with van der Waals surface area (Å²) in [4.78, 5) is 14.1. The lowest BCUT2D eigenvalue weighted by Crippen LogP contribution is -2.27. The van der Waals surface area contributed by atoms with Crippen LogP contribution in [0.2, 0.25) is 0 Å². The molecule has 3 aromatic carbocycles. The topological polar surface area (TPSA) is 60.8 Å². The Kier molecular flexibility index (Phi) is 6.82. The predicted molar refractivity (Wildman–Crippen MR) is 115 cm³/mol. The molecule has 1 amide bonds. The second kappa shape index (κ2) is 9.71. The fraction of sp³-hybridized carbons (Fsp3) is 0.160. The lowest BCUT2D eigenvalue weighted by molar-refractivity contribution is -0.129. The zero-order valence-electron chi connectivity index (χ0n) is 16.4. The molecule has 0 spiro atoms. The summed E-state index contributed by atoms with van der Waals surface area (Å²) < 4.78 is 0. The molecule has 2 N–H and O–H groups in total. The van der Waals surface area contributed by atoms with Crippen LogP contribution in [0.4, 0.5) is 0 Å². The number of aromatic hydroxyl groups is 1. The van der Waals surface area contributed by atoms with Crippen molar-refractivity contribution < 1.29 is 15.0 Å². The molecule has 29 heavy (non-hydrogen) atoms. The SMILES string of the molecule is CN(Cc1ccc(O)cc1)C(=O)Cc1ccc(C=CC(O)c2ccccc2)cc1.